The fourth-order valence-corrected chi connectivity index (χ4v) is 1.63. The van der Waals surface area contributed by atoms with Crippen molar-refractivity contribution in [2.24, 2.45) is 5.92 Å². The van der Waals surface area contributed by atoms with Crippen LogP contribution in [0.1, 0.15) is 30.0 Å². The molecule has 3 nitrogen and oxygen atoms in total. The molecule has 1 saturated carbocycles. The minimum Gasteiger partial charge on any atom is -0.298 e. The van der Waals surface area contributed by atoms with Gasteiger partial charge in [0, 0.05) is 0 Å². The first kappa shape index (κ1) is 10.7. The van der Waals surface area contributed by atoms with Crippen LogP contribution in [-0.2, 0) is 0 Å². The zero-order valence-corrected chi connectivity index (χ0v) is 8.98. The number of hydrogen-bond donors (Lipinski definition) is 1. The van der Waals surface area contributed by atoms with Crippen LogP contribution in [0, 0.1) is 28.6 Å². The monoisotopic (exact) mass is 211 g/mol. The molecule has 0 saturated heterocycles. The Labute approximate surface area is 95.3 Å². The van der Waals surface area contributed by atoms with Gasteiger partial charge >= 0.3 is 0 Å². The van der Waals surface area contributed by atoms with Crippen LogP contribution in [-0.4, -0.2) is 6.54 Å². The molecule has 1 aliphatic carbocycles. The summed E-state index contributed by atoms with van der Waals surface area (Å²) >= 11 is 0. The molecule has 0 radical (unpaired) electrons. The standard InChI is InChI=1S/C13H13N3/c14-7-11-2-1-3-12(6-11)13(8-15)16-9-10-4-5-10/h1-3,6,10,13,16H,4-5,9H2. The number of nitriles is 2. The molecule has 1 aliphatic rings. The molecule has 1 atom stereocenters. The second-order valence-electron chi connectivity index (χ2n) is 4.15. The summed E-state index contributed by atoms with van der Waals surface area (Å²) in [6.07, 6.45) is 2.53. The van der Waals surface area contributed by atoms with Gasteiger partial charge in [0.25, 0.3) is 0 Å². The maximum absolute atomic E-state index is 9.08. The maximum Gasteiger partial charge on any atom is 0.121 e. The third kappa shape index (κ3) is 2.59. The Morgan fingerprint density at radius 3 is 2.81 bits per heavy atom. The van der Waals surface area contributed by atoms with Gasteiger partial charge in [-0.2, -0.15) is 10.5 Å². The average Bonchev–Trinajstić information content (AvgIpc) is 3.14. The highest BCUT2D eigenvalue weighted by Gasteiger charge is 2.22. The third-order valence-electron chi connectivity index (χ3n) is 2.79. The fraction of sp³-hybridized carbons (Fsp3) is 0.385. The van der Waals surface area contributed by atoms with E-state index >= 15 is 0 Å². The summed E-state index contributed by atoms with van der Waals surface area (Å²) in [4.78, 5) is 0. The highest BCUT2D eigenvalue weighted by atomic mass is 14.9. The largest absolute Gasteiger partial charge is 0.298 e. The molecule has 0 heterocycles. The van der Waals surface area contributed by atoms with Crippen LogP contribution in [0.25, 0.3) is 0 Å². The molecule has 1 aromatic rings. The van der Waals surface area contributed by atoms with Crippen LogP contribution >= 0.6 is 0 Å². The van der Waals surface area contributed by atoms with E-state index in [1.165, 1.54) is 12.8 Å². The van der Waals surface area contributed by atoms with E-state index in [1.807, 2.05) is 12.1 Å². The van der Waals surface area contributed by atoms with Crippen molar-refractivity contribution >= 4 is 0 Å². The van der Waals surface area contributed by atoms with E-state index in [2.05, 4.69) is 17.5 Å². The molecule has 0 spiro atoms. The molecule has 0 bridgehead atoms. The Morgan fingerprint density at radius 2 is 2.19 bits per heavy atom. The molecule has 2 rings (SSSR count). The summed E-state index contributed by atoms with van der Waals surface area (Å²) in [6, 6.07) is 11.2. The summed E-state index contributed by atoms with van der Waals surface area (Å²) in [5.74, 6) is 0.745. The molecule has 16 heavy (non-hydrogen) atoms. The van der Waals surface area contributed by atoms with Crippen molar-refractivity contribution in [1.82, 2.24) is 5.32 Å². The summed E-state index contributed by atoms with van der Waals surface area (Å²) in [6.45, 7) is 0.898. The first-order chi connectivity index (χ1) is 7.83. The van der Waals surface area contributed by atoms with Crippen LogP contribution in [0.4, 0.5) is 0 Å². The van der Waals surface area contributed by atoms with Crippen molar-refractivity contribution in [2.75, 3.05) is 6.54 Å². The van der Waals surface area contributed by atoms with Gasteiger partial charge in [0.2, 0.25) is 0 Å². The summed E-state index contributed by atoms with van der Waals surface area (Å²) in [7, 11) is 0. The summed E-state index contributed by atoms with van der Waals surface area (Å²) in [5, 5.41) is 21.1. The third-order valence-corrected chi connectivity index (χ3v) is 2.79. The Hall–Kier alpha value is -1.84. The lowest BCUT2D eigenvalue weighted by atomic mass is 10.1. The Bertz CT molecular complexity index is 449. The van der Waals surface area contributed by atoms with Crippen molar-refractivity contribution in [2.45, 2.75) is 18.9 Å². The predicted molar refractivity (Wildman–Crippen MR) is 60.2 cm³/mol. The Balaban J connectivity index is 2.06. The van der Waals surface area contributed by atoms with Crippen LogP contribution < -0.4 is 5.32 Å². The van der Waals surface area contributed by atoms with Crippen molar-refractivity contribution in [1.29, 1.82) is 10.5 Å². The number of hydrogen-bond acceptors (Lipinski definition) is 3. The van der Waals surface area contributed by atoms with Gasteiger partial charge in [0.15, 0.2) is 0 Å². The summed E-state index contributed by atoms with van der Waals surface area (Å²) in [5.41, 5.74) is 1.48. The van der Waals surface area contributed by atoms with E-state index in [1.54, 1.807) is 12.1 Å². The van der Waals surface area contributed by atoms with Crippen molar-refractivity contribution in [3.8, 4) is 12.1 Å². The second kappa shape index (κ2) is 4.79. The minimum absolute atomic E-state index is 0.297. The van der Waals surface area contributed by atoms with Gasteiger partial charge in [-0.3, -0.25) is 5.32 Å². The van der Waals surface area contributed by atoms with Crippen molar-refractivity contribution < 1.29 is 0 Å². The maximum atomic E-state index is 9.08. The van der Waals surface area contributed by atoms with Gasteiger partial charge in [-0.15, -0.1) is 0 Å². The highest BCUT2D eigenvalue weighted by molar-refractivity contribution is 5.35. The predicted octanol–water partition coefficient (Wildman–Crippen LogP) is 2.12. The molecule has 0 aromatic heterocycles. The lowest BCUT2D eigenvalue weighted by Gasteiger charge is -2.11. The second-order valence-corrected chi connectivity index (χ2v) is 4.15. The van der Waals surface area contributed by atoms with Gasteiger partial charge in [-0.05, 0) is 43.0 Å². The summed E-state index contributed by atoms with van der Waals surface area (Å²) < 4.78 is 0. The van der Waals surface area contributed by atoms with E-state index in [4.69, 9.17) is 10.5 Å². The number of benzene rings is 1. The van der Waals surface area contributed by atoms with Crippen LogP contribution in [0.5, 0.6) is 0 Å². The lowest BCUT2D eigenvalue weighted by Crippen LogP contribution is -2.22. The average molecular weight is 211 g/mol. The first-order valence-corrected chi connectivity index (χ1v) is 5.46. The smallest absolute Gasteiger partial charge is 0.121 e. The number of nitrogens with zero attached hydrogens (tertiary/aromatic N) is 2. The fourth-order valence-electron chi connectivity index (χ4n) is 1.63. The molecule has 1 aromatic carbocycles. The van der Waals surface area contributed by atoms with Gasteiger partial charge in [0.05, 0.1) is 17.7 Å². The molecule has 1 unspecified atom stereocenters. The topological polar surface area (TPSA) is 59.6 Å². The SMILES string of the molecule is N#Cc1cccc(C(C#N)NCC2CC2)c1. The van der Waals surface area contributed by atoms with E-state index in [9.17, 15) is 0 Å². The first-order valence-electron chi connectivity index (χ1n) is 5.46. The zero-order chi connectivity index (χ0) is 11.4. The molecule has 80 valence electrons. The molecule has 0 amide bonds. The molecule has 3 heteroatoms. The van der Waals surface area contributed by atoms with Crippen LogP contribution in [0.15, 0.2) is 24.3 Å². The molecular formula is C13H13N3. The van der Waals surface area contributed by atoms with Gasteiger partial charge in [-0.1, -0.05) is 12.1 Å². The van der Waals surface area contributed by atoms with Crippen molar-refractivity contribution in [3.63, 3.8) is 0 Å². The van der Waals surface area contributed by atoms with Crippen molar-refractivity contribution in [3.05, 3.63) is 35.4 Å². The Morgan fingerprint density at radius 1 is 1.38 bits per heavy atom. The molecule has 0 aliphatic heterocycles. The van der Waals surface area contributed by atoms with E-state index in [0.717, 1.165) is 18.0 Å². The number of nitrogens with one attached hydrogen (secondary N) is 1. The molecule has 1 N–H and O–H groups in total. The normalized spacial score (nSPS) is 16.1. The van der Waals surface area contributed by atoms with E-state index in [-0.39, 0.29) is 6.04 Å². The van der Waals surface area contributed by atoms with Gasteiger partial charge in [-0.25, -0.2) is 0 Å². The number of rotatable bonds is 4. The molecular weight excluding hydrogens is 198 g/mol. The Kier molecular flexibility index (Phi) is 3.19. The molecule has 1 fully saturated rings. The van der Waals surface area contributed by atoms with E-state index < -0.39 is 0 Å². The quantitative estimate of drug-likeness (QED) is 0.829. The lowest BCUT2D eigenvalue weighted by molar-refractivity contribution is 0.593. The van der Waals surface area contributed by atoms with Gasteiger partial charge in [0.1, 0.15) is 6.04 Å². The van der Waals surface area contributed by atoms with Gasteiger partial charge < -0.3 is 0 Å². The van der Waals surface area contributed by atoms with Crippen LogP contribution in [0.3, 0.4) is 0 Å². The zero-order valence-electron chi connectivity index (χ0n) is 8.98. The highest BCUT2D eigenvalue weighted by Crippen LogP contribution is 2.28. The van der Waals surface area contributed by atoms with Crippen LogP contribution in [0.2, 0.25) is 0 Å². The van der Waals surface area contributed by atoms with E-state index in [0.29, 0.717) is 5.56 Å². The minimum atomic E-state index is -0.297.